The number of thiophene rings is 1. The van der Waals surface area contributed by atoms with E-state index in [4.69, 9.17) is 15.2 Å². The molecule has 8 heteroatoms. The molecule has 1 aromatic carbocycles. The molecule has 25 heavy (non-hydrogen) atoms. The summed E-state index contributed by atoms with van der Waals surface area (Å²) < 4.78 is 11.6. The van der Waals surface area contributed by atoms with Gasteiger partial charge in [-0.1, -0.05) is 0 Å². The Labute approximate surface area is 148 Å². The third-order valence-electron chi connectivity index (χ3n) is 3.94. The van der Waals surface area contributed by atoms with Gasteiger partial charge < -0.3 is 15.2 Å². The Balaban J connectivity index is 2.07. The molecule has 0 aliphatic carbocycles. The first kappa shape index (κ1) is 17.0. The van der Waals surface area contributed by atoms with Crippen molar-refractivity contribution in [3.8, 4) is 11.5 Å². The number of ether oxygens (including phenoxy) is 2. The molecule has 0 spiro atoms. The predicted octanol–water partition coefficient (Wildman–Crippen LogP) is 2.56. The summed E-state index contributed by atoms with van der Waals surface area (Å²) in [5.74, 6) is 1.24. The van der Waals surface area contributed by atoms with Gasteiger partial charge >= 0.3 is 0 Å². The fourth-order valence-electron chi connectivity index (χ4n) is 2.47. The van der Waals surface area contributed by atoms with E-state index in [2.05, 4.69) is 10.1 Å². The van der Waals surface area contributed by atoms with E-state index in [0.29, 0.717) is 21.7 Å². The van der Waals surface area contributed by atoms with Crippen LogP contribution in [0.5, 0.6) is 11.5 Å². The molecule has 0 unspecified atom stereocenters. The highest BCUT2D eigenvalue weighted by molar-refractivity contribution is 7.18. The smallest absolute Gasteiger partial charge is 0.284 e. The molecule has 0 radical (unpaired) electrons. The van der Waals surface area contributed by atoms with E-state index in [9.17, 15) is 4.79 Å². The van der Waals surface area contributed by atoms with Gasteiger partial charge in [-0.25, -0.2) is 4.98 Å². The van der Waals surface area contributed by atoms with Gasteiger partial charge in [-0.05, 0) is 43.2 Å². The van der Waals surface area contributed by atoms with Crippen LogP contribution in [0.3, 0.4) is 0 Å². The average molecular weight is 358 g/mol. The number of nitrogen functional groups attached to an aromatic ring is 1. The summed E-state index contributed by atoms with van der Waals surface area (Å²) in [6, 6.07) is 5.33. The van der Waals surface area contributed by atoms with Crippen LogP contribution in [0.1, 0.15) is 16.0 Å². The maximum absolute atomic E-state index is 12.7. The van der Waals surface area contributed by atoms with Crippen LogP contribution in [-0.4, -0.2) is 30.1 Å². The second kappa shape index (κ2) is 6.56. The maximum atomic E-state index is 12.7. The topological polar surface area (TPSA) is 91.7 Å². The zero-order valence-electron chi connectivity index (χ0n) is 14.4. The lowest BCUT2D eigenvalue weighted by molar-refractivity contribution is 0.355. The molecule has 2 heterocycles. The van der Waals surface area contributed by atoms with Crippen molar-refractivity contribution < 1.29 is 9.47 Å². The van der Waals surface area contributed by atoms with E-state index in [1.807, 2.05) is 13.8 Å². The number of nitrogens with zero attached hydrogens (tertiary/aromatic N) is 3. The molecule has 0 fully saturated rings. The number of methoxy groups -OCH3 is 2. The summed E-state index contributed by atoms with van der Waals surface area (Å²) in [6.45, 7) is 3.85. The number of hydrogen-bond donors (Lipinski definition) is 1. The normalized spacial score (nSPS) is 11.4. The van der Waals surface area contributed by atoms with Gasteiger partial charge in [-0.2, -0.15) is 9.78 Å². The van der Waals surface area contributed by atoms with Crippen LogP contribution >= 0.6 is 11.3 Å². The van der Waals surface area contributed by atoms with Gasteiger partial charge in [0.1, 0.15) is 4.83 Å². The monoisotopic (exact) mass is 358 g/mol. The number of benzene rings is 1. The number of aryl methyl sites for hydroxylation is 2. The summed E-state index contributed by atoms with van der Waals surface area (Å²) in [7, 11) is 3.12. The van der Waals surface area contributed by atoms with Gasteiger partial charge in [-0.3, -0.25) is 4.79 Å². The first-order valence-corrected chi connectivity index (χ1v) is 8.32. The number of aromatic nitrogens is 2. The second-order valence-corrected chi connectivity index (χ2v) is 6.61. The summed E-state index contributed by atoms with van der Waals surface area (Å²) >= 11 is 1.45. The molecular formula is C17H18N4O3S. The third kappa shape index (κ3) is 2.96. The summed E-state index contributed by atoms with van der Waals surface area (Å²) in [5, 5.41) is 4.76. The van der Waals surface area contributed by atoms with Crippen molar-refractivity contribution in [2.45, 2.75) is 13.8 Å². The number of anilines is 1. The van der Waals surface area contributed by atoms with Crippen LogP contribution in [-0.2, 0) is 0 Å². The number of hydrogen-bond acceptors (Lipinski definition) is 7. The summed E-state index contributed by atoms with van der Waals surface area (Å²) in [4.78, 5) is 18.7. The standard InChI is InChI=1S/C17H18N4O3S/c1-9-10(2)25-15-14(9)16(22)21(17(18)20-15)19-8-11-5-6-12(23-3)13(7-11)24-4/h5-8H,1-4H3,(H2,18,20)/b19-8+. The van der Waals surface area contributed by atoms with E-state index in [-0.39, 0.29) is 11.5 Å². The van der Waals surface area contributed by atoms with Crippen molar-refractivity contribution in [3.05, 3.63) is 44.6 Å². The van der Waals surface area contributed by atoms with Gasteiger partial charge in [-0.15, -0.1) is 11.3 Å². The fraction of sp³-hybridized carbons (Fsp3) is 0.235. The molecule has 130 valence electrons. The Kier molecular flexibility index (Phi) is 4.45. The number of nitrogens with two attached hydrogens (primary N) is 1. The molecule has 0 bridgehead atoms. The predicted molar refractivity (Wildman–Crippen MR) is 100 cm³/mol. The molecule has 3 rings (SSSR count). The van der Waals surface area contributed by atoms with Crippen LogP contribution < -0.4 is 20.8 Å². The van der Waals surface area contributed by atoms with Gasteiger partial charge in [0.15, 0.2) is 11.5 Å². The zero-order chi connectivity index (χ0) is 18.1. The van der Waals surface area contributed by atoms with E-state index >= 15 is 0 Å². The fourth-order valence-corrected chi connectivity index (χ4v) is 3.50. The van der Waals surface area contributed by atoms with Crippen molar-refractivity contribution in [1.29, 1.82) is 0 Å². The van der Waals surface area contributed by atoms with Crippen molar-refractivity contribution in [2.75, 3.05) is 20.0 Å². The Bertz CT molecular complexity index is 1040. The minimum Gasteiger partial charge on any atom is -0.493 e. The van der Waals surface area contributed by atoms with Crippen LogP contribution in [0, 0.1) is 13.8 Å². The van der Waals surface area contributed by atoms with E-state index in [0.717, 1.165) is 20.7 Å². The van der Waals surface area contributed by atoms with Gasteiger partial charge in [0.25, 0.3) is 5.56 Å². The van der Waals surface area contributed by atoms with Crippen molar-refractivity contribution >= 4 is 33.7 Å². The van der Waals surface area contributed by atoms with Crippen molar-refractivity contribution in [1.82, 2.24) is 9.66 Å². The van der Waals surface area contributed by atoms with Crippen LogP contribution in [0.2, 0.25) is 0 Å². The Hall–Kier alpha value is -2.87. The average Bonchev–Trinajstić information content (AvgIpc) is 2.88. The van der Waals surface area contributed by atoms with Crippen LogP contribution in [0.15, 0.2) is 28.1 Å². The number of rotatable bonds is 4. The number of fused-ring (bicyclic) bond motifs is 1. The Morgan fingerprint density at radius 2 is 1.96 bits per heavy atom. The Morgan fingerprint density at radius 1 is 1.24 bits per heavy atom. The zero-order valence-corrected chi connectivity index (χ0v) is 15.2. The van der Waals surface area contributed by atoms with Crippen LogP contribution in [0.25, 0.3) is 10.2 Å². The molecule has 0 aliphatic rings. The molecule has 0 saturated heterocycles. The quantitative estimate of drug-likeness (QED) is 0.724. The molecule has 7 nitrogen and oxygen atoms in total. The maximum Gasteiger partial charge on any atom is 0.284 e. The molecule has 2 aromatic heterocycles. The molecular weight excluding hydrogens is 340 g/mol. The van der Waals surface area contributed by atoms with Gasteiger partial charge in [0.2, 0.25) is 5.95 Å². The van der Waals surface area contributed by atoms with Crippen LogP contribution in [0.4, 0.5) is 5.95 Å². The van der Waals surface area contributed by atoms with E-state index in [1.54, 1.807) is 32.4 Å². The lowest BCUT2D eigenvalue weighted by Gasteiger charge is -2.07. The van der Waals surface area contributed by atoms with E-state index < -0.39 is 0 Å². The van der Waals surface area contributed by atoms with Gasteiger partial charge in [0.05, 0.1) is 25.8 Å². The third-order valence-corrected chi connectivity index (χ3v) is 5.04. The second-order valence-electron chi connectivity index (χ2n) is 5.41. The molecule has 3 aromatic rings. The Morgan fingerprint density at radius 3 is 2.64 bits per heavy atom. The van der Waals surface area contributed by atoms with E-state index in [1.165, 1.54) is 17.6 Å². The molecule has 0 atom stereocenters. The highest BCUT2D eigenvalue weighted by Gasteiger charge is 2.14. The molecule has 0 saturated carbocycles. The van der Waals surface area contributed by atoms with Gasteiger partial charge in [0, 0.05) is 4.88 Å². The molecule has 2 N–H and O–H groups in total. The molecule has 0 amide bonds. The lowest BCUT2D eigenvalue weighted by Crippen LogP contribution is -2.21. The lowest BCUT2D eigenvalue weighted by atomic mass is 10.2. The minimum absolute atomic E-state index is 0.0514. The highest BCUT2D eigenvalue weighted by atomic mass is 32.1. The SMILES string of the molecule is COc1ccc(/C=N/n2c(N)nc3sc(C)c(C)c3c2=O)cc1OC. The molecule has 0 aliphatic heterocycles. The first-order valence-electron chi connectivity index (χ1n) is 7.51. The first-order chi connectivity index (χ1) is 12.0. The van der Waals surface area contributed by atoms with Crippen molar-refractivity contribution in [3.63, 3.8) is 0 Å². The summed E-state index contributed by atoms with van der Waals surface area (Å²) in [6.07, 6.45) is 1.53. The minimum atomic E-state index is -0.277. The summed E-state index contributed by atoms with van der Waals surface area (Å²) in [5.41, 5.74) is 7.28. The van der Waals surface area contributed by atoms with Crippen molar-refractivity contribution in [2.24, 2.45) is 5.10 Å². The largest absolute Gasteiger partial charge is 0.493 e. The highest BCUT2D eigenvalue weighted by Crippen LogP contribution is 2.28.